The van der Waals surface area contributed by atoms with Crippen molar-refractivity contribution in [2.24, 2.45) is 11.7 Å². The normalized spacial score (nSPS) is 21.8. The third-order valence-corrected chi connectivity index (χ3v) is 6.18. The number of hydrogen-bond donors (Lipinski definition) is 3. The van der Waals surface area contributed by atoms with E-state index in [-0.39, 0.29) is 17.9 Å². The van der Waals surface area contributed by atoms with Gasteiger partial charge in [-0.3, -0.25) is 4.79 Å². The molecule has 3 unspecified atom stereocenters. The Morgan fingerprint density at radius 1 is 1.28 bits per heavy atom. The number of aromatic nitrogens is 6. The highest BCUT2D eigenvalue weighted by Gasteiger charge is 2.43. The lowest BCUT2D eigenvalue weighted by molar-refractivity contribution is -0.135. The Kier molecular flexibility index (Phi) is 5.22. The maximum absolute atomic E-state index is 12.7. The number of aliphatic hydroxyl groups excluding tert-OH is 1. The van der Waals surface area contributed by atoms with Crippen molar-refractivity contribution < 1.29 is 9.90 Å². The molecule has 32 heavy (non-hydrogen) atoms. The SMILES string of the molecule is CCn1c(-c2cnc(C)nc2)nc2c(NC3CC(C(N)O)N(C(=O)C4CC4)C3)ncnc21. The fraction of sp³-hybridized carbons (Fsp3) is 0.524. The molecule has 11 nitrogen and oxygen atoms in total. The number of nitrogens with two attached hydrogens (primary N) is 1. The predicted octanol–water partition coefficient (Wildman–Crippen LogP) is 0.680. The van der Waals surface area contributed by atoms with Gasteiger partial charge in [0.1, 0.15) is 24.2 Å². The fourth-order valence-corrected chi connectivity index (χ4v) is 4.38. The predicted molar refractivity (Wildman–Crippen MR) is 117 cm³/mol. The van der Waals surface area contributed by atoms with Gasteiger partial charge in [0.15, 0.2) is 17.0 Å². The maximum Gasteiger partial charge on any atom is 0.226 e. The number of anilines is 1. The van der Waals surface area contributed by atoms with Crippen molar-refractivity contribution >= 4 is 22.9 Å². The molecule has 4 N–H and O–H groups in total. The number of hydrogen-bond acceptors (Lipinski definition) is 9. The molecule has 1 saturated carbocycles. The van der Waals surface area contributed by atoms with E-state index in [1.54, 1.807) is 17.3 Å². The topological polar surface area (TPSA) is 148 Å². The van der Waals surface area contributed by atoms with E-state index < -0.39 is 12.3 Å². The number of carbonyl (C=O) groups is 1. The summed E-state index contributed by atoms with van der Waals surface area (Å²) >= 11 is 0. The van der Waals surface area contributed by atoms with E-state index in [2.05, 4.69) is 25.3 Å². The van der Waals surface area contributed by atoms with E-state index in [4.69, 9.17) is 10.7 Å². The fourth-order valence-electron chi connectivity index (χ4n) is 4.38. The van der Waals surface area contributed by atoms with Gasteiger partial charge in [-0.2, -0.15) is 0 Å². The molecule has 168 valence electrons. The summed E-state index contributed by atoms with van der Waals surface area (Å²) in [6.07, 6.45) is 6.28. The molecule has 3 aromatic rings. The third-order valence-electron chi connectivity index (χ3n) is 6.18. The quantitative estimate of drug-likeness (QED) is 0.473. The lowest BCUT2D eigenvalue weighted by Crippen LogP contribution is -2.47. The molecule has 3 aromatic heterocycles. The first-order valence-electron chi connectivity index (χ1n) is 11.0. The summed E-state index contributed by atoms with van der Waals surface area (Å²) in [5.41, 5.74) is 7.94. The number of carbonyl (C=O) groups excluding carboxylic acids is 1. The van der Waals surface area contributed by atoms with Crippen LogP contribution in [0.3, 0.4) is 0 Å². The van der Waals surface area contributed by atoms with Gasteiger partial charge in [-0.15, -0.1) is 0 Å². The summed E-state index contributed by atoms with van der Waals surface area (Å²) in [6.45, 7) is 5.00. The standard InChI is InChI=1S/C21H27N9O2/c1-3-29-19(13-7-23-11(2)24-8-13)28-16-18(25-10-26-20(16)29)27-14-6-15(17(22)31)30(9-14)21(32)12-4-5-12/h7-8,10,12,14-15,17,31H,3-6,9,22H2,1-2H3,(H,25,26,27). The molecular formula is C21H27N9O2. The molecule has 1 amide bonds. The summed E-state index contributed by atoms with van der Waals surface area (Å²) in [4.78, 5) is 36.7. The van der Waals surface area contributed by atoms with E-state index in [1.165, 1.54) is 6.33 Å². The largest absolute Gasteiger partial charge is 0.377 e. The minimum atomic E-state index is -1.08. The van der Waals surface area contributed by atoms with Crippen LogP contribution in [0.25, 0.3) is 22.6 Å². The lowest BCUT2D eigenvalue weighted by Gasteiger charge is -2.26. The van der Waals surface area contributed by atoms with E-state index in [1.807, 2.05) is 18.4 Å². The summed E-state index contributed by atoms with van der Waals surface area (Å²) in [5.74, 6) is 2.15. The minimum Gasteiger partial charge on any atom is -0.377 e. The van der Waals surface area contributed by atoms with Gasteiger partial charge < -0.3 is 25.6 Å². The molecule has 11 heteroatoms. The van der Waals surface area contributed by atoms with Crippen LogP contribution in [0.2, 0.25) is 0 Å². The molecule has 0 spiro atoms. The van der Waals surface area contributed by atoms with Gasteiger partial charge in [-0.1, -0.05) is 0 Å². The van der Waals surface area contributed by atoms with Crippen LogP contribution in [0.1, 0.15) is 32.0 Å². The number of amides is 1. The second kappa shape index (κ2) is 8.06. The number of rotatable bonds is 6. The van der Waals surface area contributed by atoms with Crippen molar-refractivity contribution in [3.8, 4) is 11.4 Å². The molecule has 3 atom stereocenters. The van der Waals surface area contributed by atoms with Crippen LogP contribution >= 0.6 is 0 Å². The van der Waals surface area contributed by atoms with Crippen LogP contribution in [-0.2, 0) is 11.3 Å². The smallest absolute Gasteiger partial charge is 0.226 e. The Labute approximate surface area is 185 Å². The van der Waals surface area contributed by atoms with E-state index in [0.29, 0.717) is 42.3 Å². The Hall–Kier alpha value is -3.18. The lowest BCUT2D eigenvalue weighted by atomic mass is 10.1. The number of nitrogens with one attached hydrogen (secondary N) is 1. The van der Waals surface area contributed by atoms with Crippen molar-refractivity contribution in [2.75, 3.05) is 11.9 Å². The molecule has 2 aliphatic rings. The Balaban J connectivity index is 1.46. The van der Waals surface area contributed by atoms with Crippen LogP contribution in [0.15, 0.2) is 18.7 Å². The first-order chi connectivity index (χ1) is 15.5. The third kappa shape index (κ3) is 3.67. The molecule has 5 rings (SSSR count). The highest BCUT2D eigenvalue weighted by molar-refractivity contribution is 5.86. The molecule has 0 aromatic carbocycles. The Morgan fingerprint density at radius 2 is 2.03 bits per heavy atom. The van der Waals surface area contributed by atoms with Crippen LogP contribution in [0.5, 0.6) is 0 Å². The van der Waals surface area contributed by atoms with Crippen molar-refractivity contribution in [3.63, 3.8) is 0 Å². The summed E-state index contributed by atoms with van der Waals surface area (Å²) in [7, 11) is 0. The van der Waals surface area contributed by atoms with Crippen LogP contribution in [0, 0.1) is 12.8 Å². The average molecular weight is 438 g/mol. The zero-order valence-corrected chi connectivity index (χ0v) is 18.1. The summed E-state index contributed by atoms with van der Waals surface area (Å²) < 4.78 is 2.00. The highest BCUT2D eigenvalue weighted by atomic mass is 16.3. The molecule has 0 bridgehead atoms. The molecule has 1 saturated heterocycles. The zero-order valence-electron chi connectivity index (χ0n) is 18.1. The number of aryl methyl sites for hydroxylation is 2. The van der Waals surface area contributed by atoms with Crippen molar-refractivity contribution in [1.29, 1.82) is 0 Å². The zero-order chi connectivity index (χ0) is 22.4. The summed E-state index contributed by atoms with van der Waals surface area (Å²) in [5, 5.41) is 13.5. The molecule has 1 aliphatic heterocycles. The first kappa shape index (κ1) is 20.7. The van der Waals surface area contributed by atoms with E-state index in [9.17, 15) is 9.90 Å². The first-order valence-corrected chi connectivity index (χ1v) is 11.0. The van der Waals surface area contributed by atoms with Crippen LogP contribution in [0.4, 0.5) is 5.82 Å². The van der Waals surface area contributed by atoms with Gasteiger partial charge in [-0.25, -0.2) is 24.9 Å². The molecule has 0 radical (unpaired) electrons. The Bertz CT molecular complexity index is 1140. The number of aliphatic hydroxyl groups is 1. The maximum atomic E-state index is 12.7. The second-order valence-corrected chi connectivity index (χ2v) is 8.49. The van der Waals surface area contributed by atoms with Crippen molar-refractivity contribution in [1.82, 2.24) is 34.4 Å². The van der Waals surface area contributed by atoms with Gasteiger partial charge in [-0.05, 0) is 33.1 Å². The molecular weight excluding hydrogens is 410 g/mol. The van der Waals surface area contributed by atoms with Gasteiger partial charge in [0.25, 0.3) is 0 Å². The van der Waals surface area contributed by atoms with Gasteiger partial charge in [0.2, 0.25) is 5.91 Å². The average Bonchev–Trinajstić information content (AvgIpc) is 3.43. The van der Waals surface area contributed by atoms with Crippen molar-refractivity contribution in [2.45, 2.75) is 58.0 Å². The van der Waals surface area contributed by atoms with Crippen molar-refractivity contribution in [3.05, 3.63) is 24.5 Å². The van der Waals surface area contributed by atoms with Gasteiger partial charge in [0.05, 0.1) is 11.6 Å². The van der Waals surface area contributed by atoms with E-state index >= 15 is 0 Å². The van der Waals surface area contributed by atoms with E-state index in [0.717, 1.165) is 24.2 Å². The second-order valence-electron chi connectivity index (χ2n) is 8.49. The van der Waals surface area contributed by atoms with Gasteiger partial charge in [0, 0.05) is 37.4 Å². The van der Waals surface area contributed by atoms with Crippen LogP contribution < -0.4 is 11.1 Å². The Morgan fingerprint density at radius 3 is 2.69 bits per heavy atom. The molecule has 1 aliphatic carbocycles. The molecule has 4 heterocycles. The highest BCUT2D eigenvalue weighted by Crippen LogP contribution is 2.35. The van der Waals surface area contributed by atoms with Crippen LogP contribution in [-0.4, -0.2) is 70.3 Å². The number of nitrogens with zero attached hydrogens (tertiary/aromatic N) is 7. The monoisotopic (exact) mass is 437 g/mol. The number of fused-ring (bicyclic) bond motifs is 1. The molecule has 2 fully saturated rings. The number of imidazole rings is 1. The summed E-state index contributed by atoms with van der Waals surface area (Å²) in [6, 6.07) is -0.511. The minimum absolute atomic E-state index is 0.0697. The number of likely N-dealkylation sites (tertiary alicyclic amines) is 1. The van der Waals surface area contributed by atoms with Gasteiger partial charge >= 0.3 is 0 Å².